The summed E-state index contributed by atoms with van der Waals surface area (Å²) in [6, 6.07) is 0.503. The summed E-state index contributed by atoms with van der Waals surface area (Å²) in [4.78, 5) is 2.26. The Bertz CT molecular complexity index is 164. The second-order valence-electron chi connectivity index (χ2n) is 4.32. The van der Waals surface area contributed by atoms with E-state index in [9.17, 15) is 0 Å². The summed E-state index contributed by atoms with van der Waals surface area (Å²) in [6.45, 7) is 11.6. The van der Waals surface area contributed by atoms with Gasteiger partial charge in [-0.05, 0) is 26.7 Å². The lowest BCUT2D eigenvalue weighted by atomic mass is 10.1. The van der Waals surface area contributed by atoms with E-state index in [1.54, 1.807) is 0 Å². The molecule has 3 heteroatoms. The van der Waals surface area contributed by atoms with Crippen LogP contribution in [0.5, 0.6) is 0 Å². The molecule has 0 aromatic heterocycles. The number of nitrogens with two attached hydrogens (primary N) is 1. The molecule has 0 aliphatic carbocycles. The van der Waals surface area contributed by atoms with Crippen molar-refractivity contribution < 1.29 is 0 Å². The molecule has 0 saturated heterocycles. The molecule has 3 N–H and O–H groups in total. The molecule has 0 radical (unpaired) electrons. The third kappa shape index (κ3) is 4.27. The van der Waals surface area contributed by atoms with E-state index in [-0.39, 0.29) is 11.9 Å². The highest BCUT2D eigenvalue weighted by molar-refractivity contribution is 5.82. The Hall–Kier alpha value is -0.570. The van der Waals surface area contributed by atoms with Crippen LogP contribution in [0.2, 0.25) is 0 Å². The van der Waals surface area contributed by atoms with Crippen LogP contribution in [-0.4, -0.2) is 29.4 Å². The van der Waals surface area contributed by atoms with Crippen LogP contribution >= 0.6 is 0 Å². The van der Waals surface area contributed by atoms with Gasteiger partial charge in [0.1, 0.15) is 5.84 Å². The summed E-state index contributed by atoms with van der Waals surface area (Å²) < 4.78 is 0. The Balaban J connectivity index is 4.32. The fourth-order valence-electron chi connectivity index (χ4n) is 1.42. The number of rotatable bonds is 5. The van der Waals surface area contributed by atoms with Gasteiger partial charge in [0.15, 0.2) is 0 Å². The highest BCUT2D eigenvalue weighted by Crippen LogP contribution is 2.08. The fourth-order valence-corrected chi connectivity index (χ4v) is 1.42. The Labute approximate surface area is 81.8 Å². The summed E-state index contributed by atoms with van der Waals surface area (Å²) in [5.41, 5.74) is 5.49. The Morgan fingerprint density at radius 2 is 1.69 bits per heavy atom. The second-order valence-corrected chi connectivity index (χ2v) is 4.32. The minimum absolute atomic E-state index is 0.0578. The van der Waals surface area contributed by atoms with Crippen molar-refractivity contribution in [3.05, 3.63) is 0 Å². The topological polar surface area (TPSA) is 53.1 Å². The van der Waals surface area contributed by atoms with Crippen LogP contribution in [-0.2, 0) is 0 Å². The van der Waals surface area contributed by atoms with Gasteiger partial charge >= 0.3 is 0 Å². The molecule has 0 amide bonds. The minimum Gasteiger partial charge on any atom is -0.386 e. The van der Waals surface area contributed by atoms with Crippen molar-refractivity contribution in [1.82, 2.24) is 4.90 Å². The Kier molecular flexibility index (Phi) is 4.99. The predicted octanol–water partition coefficient (Wildman–Crippen LogP) is 1.68. The average molecular weight is 185 g/mol. The van der Waals surface area contributed by atoms with E-state index in [0.29, 0.717) is 12.0 Å². The first-order valence-corrected chi connectivity index (χ1v) is 4.95. The quantitative estimate of drug-likeness (QED) is 0.506. The molecule has 78 valence electrons. The van der Waals surface area contributed by atoms with E-state index in [1.807, 2.05) is 6.92 Å². The maximum Gasteiger partial charge on any atom is 0.108 e. The third-order valence-corrected chi connectivity index (χ3v) is 2.19. The highest BCUT2D eigenvalue weighted by atomic mass is 15.2. The van der Waals surface area contributed by atoms with Gasteiger partial charge in [-0.15, -0.1) is 0 Å². The van der Waals surface area contributed by atoms with Crippen molar-refractivity contribution in [2.75, 3.05) is 6.54 Å². The van der Waals surface area contributed by atoms with Gasteiger partial charge in [0, 0.05) is 12.6 Å². The van der Waals surface area contributed by atoms with Crippen LogP contribution in [0.3, 0.4) is 0 Å². The zero-order chi connectivity index (χ0) is 10.6. The molecular formula is C10H23N3. The van der Waals surface area contributed by atoms with Gasteiger partial charge < -0.3 is 5.73 Å². The number of nitrogens with zero attached hydrogens (tertiary/aromatic N) is 1. The van der Waals surface area contributed by atoms with Crippen LogP contribution < -0.4 is 5.73 Å². The molecule has 0 fully saturated rings. The van der Waals surface area contributed by atoms with E-state index in [1.165, 1.54) is 0 Å². The van der Waals surface area contributed by atoms with Gasteiger partial charge in [0.2, 0.25) is 0 Å². The Morgan fingerprint density at radius 1 is 1.23 bits per heavy atom. The van der Waals surface area contributed by atoms with Crippen LogP contribution in [0.4, 0.5) is 0 Å². The molecule has 0 bridgehead atoms. The van der Waals surface area contributed by atoms with E-state index in [2.05, 4.69) is 32.6 Å². The van der Waals surface area contributed by atoms with Crippen molar-refractivity contribution in [3.8, 4) is 0 Å². The molecule has 1 atom stereocenters. The van der Waals surface area contributed by atoms with Gasteiger partial charge in [0.25, 0.3) is 0 Å². The molecule has 0 rings (SSSR count). The maximum absolute atomic E-state index is 7.40. The third-order valence-electron chi connectivity index (χ3n) is 2.19. The zero-order valence-corrected chi connectivity index (χ0v) is 9.46. The van der Waals surface area contributed by atoms with Crippen LogP contribution in [0.15, 0.2) is 0 Å². The normalized spacial score (nSPS) is 14.2. The first-order valence-electron chi connectivity index (χ1n) is 4.95. The summed E-state index contributed by atoms with van der Waals surface area (Å²) >= 11 is 0. The smallest absolute Gasteiger partial charge is 0.108 e. The molecule has 13 heavy (non-hydrogen) atoms. The van der Waals surface area contributed by atoms with Crippen molar-refractivity contribution in [1.29, 1.82) is 5.41 Å². The SMILES string of the molecule is CC(C)CN(C(C)C)C(C)C(=N)N. The standard InChI is InChI=1S/C10H23N3/c1-7(2)6-13(8(3)4)9(5)10(11)12/h7-9H,6H2,1-5H3,(H3,11,12). The van der Waals surface area contributed by atoms with Crippen molar-refractivity contribution in [3.63, 3.8) is 0 Å². The van der Waals surface area contributed by atoms with Crippen LogP contribution in [0, 0.1) is 11.3 Å². The summed E-state index contributed by atoms with van der Waals surface area (Å²) in [5, 5.41) is 7.40. The minimum atomic E-state index is 0.0578. The largest absolute Gasteiger partial charge is 0.386 e. The number of hydrogen-bond donors (Lipinski definition) is 2. The van der Waals surface area contributed by atoms with E-state index < -0.39 is 0 Å². The van der Waals surface area contributed by atoms with Gasteiger partial charge in [-0.2, -0.15) is 0 Å². The molecule has 1 unspecified atom stereocenters. The molecule has 0 aromatic rings. The average Bonchev–Trinajstić information content (AvgIpc) is 1.97. The predicted molar refractivity (Wildman–Crippen MR) is 58.1 cm³/mol. The van der Waals surface area contributed by atoms with Crippen molar-refractivity contribution in [2.24, 2.45) is 11.7 Å². The maximum atomic E-state index is 7.40. The molecule has 0 aromatic carbocycles. The number of nitrogens with one attached hydrogen (secondary N) is 1. The van der Waals surface area contributed by atoms with Gasteiger partial charge in [-0.25, -0.2) is 0 Å². The first kappa shape index (κ1) is 12.4. The monoisotopic (exact) mass is 185 g/mol. The molecule has 0 heterocycles. The van der Waals surface area contributed by atoms with Crippen LogP contribution in [0.1, 0.15) is 34.6 Å². The molecule has 0 saturated carbocycles. The molecule has 3 nitrogen and oxygen atoms in total. The lowest BCUT2D eigenvalue weighted by molar-refractivity contribution is 0.179. The van der Waals surface area contributed by atoms with E-state index in [4.69, 9.17) is 11.1 Å². The Morgan fingerprint density at radius 3 is 1.92 bits per heavy atom. The van der Waals surface area contributed by atoms with E-state index in [0.717, 1.165) is 6.54 Å². The van der Waals surface area contributed by atoms with E-state index >= 15 is 0 Å². The van der Waals surface area contributed by atoms with Crippen LogP contribution in [0.25, 0.3) is 0 Å². The van der Waals surface area contributed by atoms with Crippen molar-refractivity contribution >= 4 is 5.84 Å². The number of hydrogen-bond acceptors (Lipinski definition) is 2. The van der Waals surface area contributed by atoms with Gasteiger partial charge in [-0.1, -0.05) is 13.8 Å². The summed E-state index contributed by atoms with van der Waals surface area (Å²) in [6.07, 6.45) is 0. The number of amidine groups is 1. The molecule has 0 aliphatic rings. The molecular weight excluding hydrogens is 162 g/mol. The summed E-state index contributed by atoms with van der Waals surface area (Å²) in [5.74, 6) is 0.874. The van der Waals surface area contributed by atoms with Gasteiger partial charge in [-0.3, -0.25) is 10.3 Å². The first-order chi connectivity index (χ1) is 5.86. The molecule has 0 aliphatic heterocycles. The second kappa shape index (κ2) is 5.22. The van der Waals surface area contributed by atoms with Gasteiger partial charge in [0.05, 0.1) is 6.04 Å². The summed E-state index contributed by atoms with van der Waals surface area (Å²) in [7, 11) is 0. The lowest BCUT2D eigenvalue weighted by Gasteiger charge is -2.33. The molecule has 0 spiro atoms. The fraction of sp³-hybridized carbons (Fsp3) is 0.900. The zero-order valence-electron chi connectivity index (χ0n) is 9.46. The highest BCUT2D eigenvalue weighted by Gasteiger charge is 2.19. The van der Waals surface area contributed by atoms with Crippen molar-refractivity contribution in [2.45, 2.75) is 46.7 Å². The lowest BCUT2D eigenvalue weighted by Crippen LogP contribution is -2.47.